The minimum atomic E-state index is 0.121. The third-order valence-electron chi connectivity index (χ3n) is 4.18. The molecule has 0 aromatic rings. The average Bonchev–Trinajstić information content (AvgIpc) is 2.78. The number of hydrogen-bond acceptors (Lipinski definition) is 5. The Labute approximate surface area is 108 Å². The minimum absolute atomic E-state index is 0.121. The first-order valence-corrected chi connectivity index (χ1v) is 7.57. The Morgan fingerprint density at radius 2 is 2.41 bits per heavy atom. The molecule has 4 nitrogen and oxygen atoms in total. The fraction of sp³-hybridized carbons (Fsp3) is 1.00. The predicted molar refractivity (Wildman–Crippen MR) is 70.9 cm³/mol. The molecule has 0 aromatic carbocycles. The van der Waals surface area contributed by atoms with E-state index in [-0.39, 0.29) is 17.7 Å². The van der Waals surface area contributed by atoms with Crippen molar-refractivity contribution >= 4 is 11.8 Å². The number of hydrazine groups is 1. The lowest BCUT2D eigenvalue weighted by molar-refractivity contribution is -0.0938. The van der Waals surface area contributed by atoms with Crippen LogP contribution in [0.5, 0.6) is 0 Å². The molecule has 3 N–H and O–H groups in total. The molecule has 2 fully saturated rings. The van der Waals surface area contributed by atoms with E-state index in [0.29, 0.717) is 5.92 Å². The van der Waals surface area contributed by atoms with E-state index in [0.717, 1.165) is 25.2 Å². The first kappa shape index (κ1) is 13.6. The fourth-order valence-corrected chi connectivity index (χ4v) is 4.42. The third kappa shape index (κ3) is 2.96. The highest BCUT2D eigenvalue weighted by Gasteiger charge is 2.43. The van der Waals surface area contributed by atoms with E-state index in [1.165, 1.54) is 12.2 Å². The molecule has 2 aliphatic rings. The lowest BCUT2D eigenvalue weighted by atomic mass is 9.80. The number of nitrogens with one attached hydrogen (secondary N) is 1. The summed E-state index contributed by atoms with van der Waals surface area (Å²) in [5.41, 5.74) is 3.06. The van der Waals surface area contributed by atoms with Crippen molar-refractivity contribution in [1.29, 1.82) is 0 Å². The first-order valence-electron chi connectivity index (χ1n) is 6.41. The van der Waals surface area contributed by atoms with Gasteiger partial charge in [0.15, 0.2) is 0 Å². The molecule has 0 aliphatic carbocycles. The highest BCUT2D eigenvalue weighted by atomic mass is 32.2. The van der Waals surface area contributed by atoms with Crippen LogP contribution in [-0.4, -0.2) is 43.0 Å². The van der Waals surface area contributed by atoms with Gasteiger partial charge in [-0.25, -0.2) is 0 Å². The molecule has 5 heteroatoms. The summed E-state index contributed by atoms with van der Waals surface area (Å²) in [4.78, 5) is 0. The number of rotatable bonds is 4. The SMILES string of the molecule is COC(C)C(NN)C1CCOC2(CCSC2)C1. The Morgan fingerprint density at radius 3 is 3.00 bits per heavy atom. The van der Waals surface area contributed by atoms with Crippen molar-refractivity contribution in [2.24, 2.45) is 11.8 Å². The molecule has 0 aromatic heterocycles. The molecule has 4 atom stereocenters. The van der Waals surface area contributed by atoms with E-state index in [4.69, 9.17) is 15.3 Å². The Bertz CT molecular complexity index is 247. The van der Waals surface area contributed by atoms with E-state index in [1.54, 1.807) is 7.11 Å². The number of hydrogen-bond donors (Lipinski definition) is 2. The molecule has 1 spiro atoms. The monoisotopic (exact) mass is 260 g/mol. The zero-order valence-electron chi connectivity index (χ0n) is 10.8. The summed E-state index contributed by atoms with van der Waals surface area (Å²) in [6.45, 7) is 2.94. The predicted octanol–water partition coefficient (Wildman–Crippen LogP) is 1.16. The van der Waals surface area contributed by atoms with E-state index in [1.807, 2.05) is 11.8 Å². The summed E-state index contributed by atoms with van der Waals surface area (Å²) in [6.07, 6.45) is 3.53. The van der Waals surface area contributed by atoms with E-state index in [9.17, 15) is 0 Å². The van der Waals surface area contributed by atoms with Gasteiger partial charge in [0.05, 0.1) is 11.7 Å². The van der Waals surface area contributed by atoms with Gasteiger partial charge in [-0.05, 0) is 37.9 Å². The molecule has 4 unspecified atom stereocenters. The molecule has 100 valence electrons. The van der Waals surface area contributed by atoms with Crippen LogP contribution in [0.1, 0.15) is 26.2 Å². The zero-order chi connectivity index (χ0) is 12.3. The Balaban J connectivity index is 2.00. The van der Waals surface area contributed by atoms with Gasteiger partial charge in [0.2, 0.25) is 0 Å². The van der Waals surface area contributed by atoms with Crippen LogP contribution < -0.4 is 11.3 Å². The van der Waals surface area contributed by atoms with Crippen molar-refractivity contribution in [3.63, 3.8) is 0 Å². The third-order valence-corrected chi connectivity index (χ3v) is 5.40. The molecule has 2 heterocycles. The molecule has 0 saturated carbocycles. The second kappa shape index (κ2) is 5.89. The van der Waals surface area contributed by atoms with Gasteiger partial charge in [0.1, 0.15) is 0 Å². The Hall–Kier alpha value is 0.190. The molecule has 0 radical (unpaired) electrons. The van der Waals surface area contributed by atoms with Crippen molar-refractivity contribution < 1.29 is 9.47 Å². The molecular formula is C12H24N2O2S. The topological polar surface area (TPSA) is 56.5 Å². The fourth-order valence-electron chi connectivity index (χ4n) is 3.04. The smallest absolute Gasteiger partial charge is 0.0783 e. The van der Waals surface area contributed by atoms with E-state index in [2.05, 4.69) is 12.3 Å². The molecule has 2 saturated heterocycles. The first-order chi connectivity index (χ1) is 8.21. The standard InChI is InChI=1S/C12H24N2O2S/c1-9(15-2)11(14-13)10-3-5-16-12(7-10)4-6-17-8-12/h9-11,14H,3-8,13H2,1-2H3. The lowest BCUT2D eigenvalue weighted by Crippen LogP contribution is -2.53. The van der Waals surface area contributed by atoms with E-state index < -0.39 is 0 Å². The quantitative estimate of drug-likeness (QED) is 0.587. The van der Waals surface area contributed by atoms with Crippen molar-refractivity contribution in [3.05, 3.63) is 0 Å². The maximum atomic E-state index is 6.03. The van der Waals surface area contributed by atoms with Crippen LogP contribution in [0.25, 0.3) is 0 Å². The second-order valence-corrected chi connectivity index (χ2v) is 6.33. The van der Waals surface area contributed by atoms with Crippen LogP contribution >= 0.6 is 11.8 Å². The van der Waals surface area contributed by atoms with Crippen LogP contribution in [0.15, 0.2) is 0 Å². The van der Waals surface area contributed by atoms with Gasteiger partial charge in [-0.15, -0.1) is 0 Å². The minimum Gasteiger partial charge on any atom is -0.380 e. The van der Waals surface area contributed by atoms with Gasteiger partial charge in [0.25, 0.3) is 0 Å². The summed E-state index contributed by atoms with van der Waals surface area (Å²) in [7, 11) is 1.75. The highest BCUT2D eigenvalue weighted by molar-refractivity contribution is 7.99. The highest BCUT2D eigenvalue weighted by Crippen LogP contribution is 2.41. The van der Waals surface area contributed by atoms with Gasteiger partial charge in [0, 0.05) is 25.5 Å². The Kier molecular flexibility index (Phi) is 4.72. The van der Waals surface area contributed by atoms with Crippen molar-refractivity contribution in [3.8, 4) is 0 Å². The molecule has 17 heavy (non-hydrogen) atoms. The van der Waals surface area contributed by atoms with Crippen LogP contribution in [0.4, 0.5) is 0 Å². The van der Waals surface area contributed by atoms with Gasteiger partial charge >= 0.3 is 0 Å². The van der Waals surface area contributed by atoms with Gasteiger partial charge in [-0.1, -0.05) is 0 Å². The van der Waals surface area contributed by atoms with E-state index >= 15 is 0 Å². The molecule has 0 bridgehead atoms. The zero-order valence-corrected chi connectivity index (χ0v) is 11.6. The lowest BCUT2D eigenvalue weighted by Gasteiger charge is -2.42. The number of methoxy groups -OCH3 is 1. The average molecular weight is 260 g/mol. The van der Waals surface area contributed by atoms with Crippen molar-refractivity contribution in [2.75, 3.05) is 25.2 Å². The summed E-state index contributed by atoms with van der Waals surface area (Å²) in [5.74, 6) is 8.62. The molecular weight excluding hydrogens is 236 g/mol. The second-order valence-electron chi connectivity index (χ2n) is 5.22. The van der Waals surface area contributed by atoms with Crippen LogP contribution in [0.3, 0.4) is 0 Å². The summed E-state index contributed by atoms with van der Waals surface area (Å²) >= 11 is 2.01. The maximum Gasteiger partial charge on any atom is 0.0783 e. The number of nitrogens with two attached hydrogens (primary N) is 1. The van der Waals surface area contributed by atoms with Gasteiger partial charge < -0.3 is 9.47 Å². The summed E-state index contributed by atoms with van der Waals surface area (Å²) < 4.78 is 11.5. The van der Waals surface area contributed by atoms with Crippen LogP contribution in [-0.2, 0) is 9.47 Å². The van der Waals surface area contributed by atoms with Gasteiger partial charge in [-0.3, -0.25) is 11.3 Å². The summed E-state index contributed by atoms with van der Waals surface area (Å²) in [6, 6.07) is 0.228. The largest absolute Gasteiger partial charge is 0.380 e. The summed E-state index contributed by atoms with van der Waals surface area (Å²) in [5, 5.41) is 0. The van der Waals surface area contributed by atoms with Crippen molar-refractivity contribution in [2.45, 2.75) is 43.9 Å². The Morgan fingerprint density at radius 1 is 1.59 bits per heavy atom. The van der Waals surface area contributed by atoms with Crippen LogP contribution in [0.2, 0.25) is 0 Å². The molecule has 2 rings (SSSR count). The van der Waals surface area contributed by atoms with Gasteiger partial charge in [-0.2, -0.15) is 11.8 Å². The number of ether oxygens (including phenoxy) is 2. The molecule has 2 aliphatic heterocycles. The maximum absolute atomic E-state index is 6.03. The number of thioether (sulfide) groups is 1. The normalized spacial score (nSPS) is 37.2. The molecule has 0 amide bonds. The van der Waals surface area contributed by atoms with Crippen LogP contribution in [0, 0.1) is 5.92 Å². The van der Waals surface area contributed by atoms with Crippen molar-refractivity contribution in [1.82, 2.24) is 5.43 Å².